The lowest BCUT2D eigenvalue weighted by Gasteiger charge is -2.33. The number of piperidine rings is 1. The van der Waals surface area contributed by atoms with Crippen molar-refractivity contribution in [2.45, 2.75) is 45.3 Å². The van der Waals surface area contributed by atoms with E-state index in [4.69, 9.17) is 5.73 Å². The van der Waals surface area contributed by atoms with Crippen LogP contribution < -0.4 is 11.1 Å². The fourth-order valence-corrected chi connectivity index (χ4v) is 2.95. The van der Waals surface area contributed by atoms with E-state index in [1.807, 2.05) is 13.8 Å². The Balaban J connectivity index is 1.76. The summed E-state index contributed by atoms with van der Waals surface area (Å²) in [7, 11) is 0. The third-order valence-electron chi connectivity index (χ3n) is 4.27. The van der Waals surface area contributed by atoms with Gasteiger partial charge in [-0.25, -0.2) is 0 Å². The summed E-state index contributed by atoms with van der Waals surface area (Å²) < 4.78 is 1.11. The Morgan fingerprint density at radius 1 is 1.32 bits per heavy atom. The van der Waals surface area contributed by atoms with Crippen molar-refractivity contribution in [3.63, 3.8) is 0 Å². The molecule has 1 aromatic carbocycles. The number of nitrogens with zero attached hydrogens (tertiary/aromatic N) is 1. The van der Waals surface area contributed by atoms with E-state index < -0.39 is 6.04 Å². The molecule has 22 heavy (non-hydrogen) atoms. The molecule has 1 fully saturated rings. The van der Waals surface area contributed by atoms with E-state index in [9.17, 15) is 4.79 Å². The van der Waals surface area contributed by atoms with Crippen LogP contribution in [0.4, 0.5) is 0 Å². The summed E-state index contributed by atoms with van der Waals surface area (Å²) in [6, 6.07) is 8.32. The number of hydrogen-bond acceptors (Lipinski definition) is 3. The molecule has 0 aliphatic carbocycles. The molecular weight excluding hydrogens is 342 g/mol. The first-order chi connectivity index (χ1) is 10.5. The van der Waals surface area contributed by atoms with E-state index in [2.05, 4.69) is 50.4 Å². The third-order valence-corrected chi connectivity index (χ3v) is 4.80. The Kier molecular flexibility index (Phi) is 6.41. The highest BCUT2D eigenvalue weighted by Gasteiger charge is 2.24. The number of amides is 1. The van der Waals surface area contributed by atoms with E-state index in [1.165, 1.54) is 5.56 Å². The van der Waals surface area contributed by atoms with Gasteiger partial charge in [0.15, 0.2) is 0 Å². The number of benzene rings is 1. The maximum absolute atomic E-state index is 12.0. The van der Waals surface area contributed by atoms with Gasteiger partial charge in [0.2, 0.25) is 5.91 Å². The summed E-state index contributed by atoms with van der Waals surface area (Å²) in [4.78, 5) is 14.4. The van der Waals surface area contributed by atoms with Gasteiger partial charge in [-0.15, -0.1) is 0 Å². The highest BCUT2D eigenvalue weighted by molar-refractivity contribution is 9.10. The van der Waals surface area contributed by atoms with Crippen molar-refractivity contribution in [2.24, 2.45) is 11.7 Å². The van der Waals surface area contributed by atoms with Crippen LogP contribution in [-0.2, 0) is 11.3 Å². The average molecular weight is 368 g/mol. The summed E-state index contributed by atoms with van der Waals surface area (Å²) in [5, 5.41) is 3.10. The highest BCUT2D eigenvalue weighted by Crippen LogP contribution is 2.16. The van der Waals surface area contributed by atoms with Gasteiger partial charge in [0.05, 0.1) is 6.04 Å². The van der Waals surface area contributed by atoms with Gasteiger partial charge in [0.1, 0.15) is 0 Å². The van der Waals surface area contributed by atoms with Gasteiger partial charge in [-0.1, -0.05) is 41.9 Å². The number of nitrogens with one attached hydrogen (secondary N) is 1. The summed E-state index contributed by atoms with van der Waals surface area (Å²) >= 11 is 3.46. The molecule has 0 spiro atoms. The Morgan fingerprint density at radius 3 is 2.45 bits per heavy atom. The lowest BCUT2D eigenvalue weighted by molar-refractivity contribution is -0.124. The first-order valence-electron chi connectivity index (χ1n) is 7.98. The van der Waals surface area contributed by atoms with Crippen molar-refractivity contribution < 1.29 is 4.79 Å². The Labute approximate surface area is 141 Å². The molecule has 0 bridgehead atoms. The van der Waals surface area contributed by atoms with Gasteiger partial charge < -0.3 is 11.1 Å². The zero-order chi connectivity index (χ0) is 16.1. The first-order valence-corrected chi connectivity index (χ1v) is 8.77. The second-order valence-electron chi connectivity index (χ2n) is 6.46. The largest absolute Gasteiger partial charge is 0.352 e. The minimum absolute atomic E-state index is 0.0126. The molecule has 1 aliphatic heterocycles. The minimum atomic E-state index is -0.402. The topological polar surface area (TPSA) is 58.4 Å². The fraction of sp³-hybridized carbons (Fsp3) is 0.588. The Morgan fingerprint density at radius 2 is 1.91 bits per heavy atom. The van der Waals surface area contributed by atoms with E-state index in [-0.39, 0.29) is 17.9 Å². The number of halogens is 1. The molecule has 1 amide bonds. The average Bonchev–Trinajstić information content (AvgIpc) is 2.50. The zero-order valence-electron chi connectivity index (χ0n) is 13.4. The number of carbonyl (C=O) groups excluding carboxylic acids is 1. The van der Waals surface area contributed by atoms with Crippen LogP contribution in [0.2, 0.25) is 0 Å². The smallest absolute Gasteiger partial charge is 0.237 e. The molecule has 1 heterocycles. The van der Waals surface area contributed by atoms with Crippen LogP contribution in [0.3, 0.4) is 0 Å². The van der Waals surface area contributed by atoms with Crippen LogP contribution in [-0.4, -0.2) is 36.0 Å². The molecule has 0 saturated carbocycles. The number of nitrogens with two attached hydrogens (primary N) is 1. The van der Waals surface area contributed by atoms with Gasteiger partial charge in [-0.3, -0.25) is 9.69 Å². The quantitative estimate of drug-likeness (QED) is 0.840. The van der Waals surface area contributed by atoms with Crippen LogP contribution in [0.25, 0.3) is 0 Å². The SMILES string of the molecule is CC(C)[C@H](N)C(=O)NC1CCN(Cc2ccc(Br)cc2)CC1. The first kappa shape index (κ1) is 17.4. The molecule has 1 saturated heterocycles. The van der Waals surface area contributed by atoms with Crippen LogP contribution in [0.5, 0.6) is 0 Å². The lowest BCUT2D eigenvalue weighted by Crippen LogP contribution is -2.51. The van der Waals surface area contributed by atoms with Gasteiger partial charge in [-0.2, -0.15) is 0 Å². The third kappa shape index (κ3) is 5.07. The van der Waals surface area contributed by atoms with Gasteiger partial charge >= 0.3 is 0 Å². The fourth-order valence-electron chi connectivity index (χ4n) is 2.68. The van der Waals surface area contributed by atoms with Crippen molar-refractivity contribution in [3.05, 3.63) is 34.3 Å². The highest BCUT2D eigenvalue weighted by atomic mass is 79.9. The van der Waals surface area contributed by atoms with Crippen molar-refractivity contribution in [1.29, 1.82) is 0 Å². The van der Waals surface area contributed by atoms with E-state index in [1.54, 1.807) is 0 Å². The van der Waals surface area contributed by atoms with Gasteiger partial charge in [0.25, 0.3) is 0 Å². The molecule has 1 aromatic rings. The Hall–Kier alpha value is -0.910. The minimum Gasteiger partial charge on any atom is -0.352 e. The monoisotopic (exact) mass is 367 g/mol. The standard InChI is InChI=1S/C17H26BrN3O/c1-12(2)16(19)17(22)20-15-7-9-21(10-8-15)11-13-3-5-14(18)6-4-13/h3-6,12,15-16H,7-11,19H2,1-2H3,(H,20,22)/t16-/m0/s1. The Bertz CT molecular complexity index is 481. The lowest BCUT2D eigenvalue weighted by atomic mass is 10.0. The predicted molar refractivity (Wildman–Crippen MR) is 93.4 cm³/mol. The molecule has 1 aliphatic rings. The van der Waals surface area contributed by atoms with Gasteiger partial charge in [-0.05, 0) is 36.5 Å². The summed E-state index contributed by atoms with van der Waals surface area (Å²) in [6.45, 7) is 6.95. The van der Waals surface area contributed by atoms with Crippen LogP contribution in [0, 0.1) is 5.92 Å². The predicted octanol–water partition coefficient (Wildman–Crippen LogP) is 2.51. The molecule has 0 aromatic heterocycles. The zero-order valence-corrected chi connectivity index (χ0v) is 15.0. The van der Waals surface area contributed by atoms with Crippen molar-refractivity contribution in [1.82, 2.24) is 10.2 Å². The van der Waals surface area contributed by atoms with E-state index >= 15 is 0 Å². The van der Waals surface area contributed by atoms with Crippen molar-refractivity contribution in [2.75, 3.05) is 13.1 Å². The molecule has 0 unspecified atom stereocenters. The molecular formula is C17H26BrN3O. The van der Waals surface area contributed by atoms with Crippen molar-refractivity contribution >= 4 is 21.8 Å². The summed E-state index contributed by atoms with van der Waals surface area (Å²) in [6.07, 6.45) is 1.99. The molecule has 2 rings (SSSR count). The second kappa shape index (κ2) is 8.09. The number of likely N-dealkylation sites (tertiary alicyclic amines) is 1. The molecule has 4 nitrogen and oxygen atoms in total. The number of carbonyl (C=O) groups is 1. The number of rotatable bonds is 5. The summed E-state index contributed by atoms with van der Waals surface area (Å²) in [5.41, 5.74) is 7.22. The van der Waals surface area contributed by atoms with Crippen molar-refractivity contribution in [3.8, 4) is 0 Å². The van der Waals surface area contributed by atoms with E-state index in [0.29, 0.717) is 0 Å². The normalized spacial score (nSPS) is 18.4. The summed E-state index contributed by atoms with van der Waals surface area (Å²) in [5.74, 6) is 0.166. The molecule has 5 heteroatoms. The van der Waals surface area contributed by atoms with Gasteiger partial charge in [0, 0.05) is 30.1 Å². The maximum Gasteiger partial charge on any atom is 0.237 e. The molecule has 3 N–H and O–H groups in total. The van der Waals surface area contributed by atoms with E-state index in [0.717, 1.165) is 36.9 Å². The molecule has 0 radical (unpaired) electrons. The molecule has 122 valence electrons. The van der Waals surface area contributed by atoms with Crippen LogP contribution >= 0.6 is 15.9 Å². The maximum atomic E-state index is 12.0. The second-order valence-corrected chi connectivity index (χ2v) is 7.37. The van der Waals surface area contributed by atoms with Crippen LogP contribution in [0.15, 0.2) is 28.7 Å². The molecule has 1 atom stereocenters. The number of hydrogen-bond donors (Lipinski definition) is 2. The van der Waals surface area contributed by atoms with Crippen LogP contribution in [0.1, 0.15) is 32.3 Å².